The highest BCUT2D eigenvalue weighted by molar-refractivity contribution is 6.32. The van der Waals surface area contributed by atoms with Crippen LogP contribution >= 0.6 is 11.6 Å². The van der Waals surface area contributed by atoms with Crippen molar-refractivity contribution in [3.05, 3.63) is 28.8 Å². The molecule has 0 amide bonds. The monoisotopic (exact) mass is 297 g/mol. The third kappa shape index (κ3) is 3.27. The molecule has 1 atom stereocenters. The molecule has 2 N–H and O–H groups in total. The summed E-state index contributed by atoms with van der Waals surface area (Å²) in [6.45, 7) is 8.88. The number of ether oxygens (including phenoxy) is 2. The van der Waals surface area contributed by atoms with Gasteiger partial charge in [0, 0.05) is 6.42 Å². The fraction of sp³-hybridized carbons (Fsp3) is 0.625. The molecule has 0 aromatic heterocycles. The van der Waals surface area contributed by atoms with Gasteiger partial charge in [0.05, 0.1) is 10.6 Å². The molecular weight excluding hydrogens is 274 g/mol. The number of benzene rings is 1. The topological polar surface area (TPSA) is 44.5 Å². The zero-order valence-electron chi connectivity index (χ0n) is 12.7. The molecule has 4 heteroatoms. The van der Waals surface area contributed by atoms with E-state index in [1.807, 2.05) is 18.2 Å². The predicted molar refractivity (Wildman–Crippen MR) is 82.5 cm³/mol. The van der Waals surface area contributed by atoms with Crippen LogP contribution in [0.1, 0.15) is 39.7 Å². The average Bonchev–Trinajstić information content (AvgIpc) is 2.51. The van der Waals surface area contributed by atoms with Gasteiger partial charge in [0.1, 0.15) is 17.5 Å². The number of para-hydroxylation sites is 1. The lowest BCUT2D eigenvalue weighted by molar-refractivity contribution is -0.0846. The summed E-state index contributed by atoms with van der Waals surface area (Å²) in [4.78, 5) is 0. The van der Waals surface area contributed by atoms with E-state index < -0.39 is 0 Å². The van der Waals surface area contributed by atoms with Crippen LogP contribution in [0.3, 0.4) is 0 Å². The van der Waals surface area contributed by atoms with Crippen LogP contribution in [0.25, 0.3) is 0 Å². The van der Waals surface area contributed by atoms with Gasteiger partial charge in [0.15, 0.2) is 0 Å². The quantitative estimate of drug-likeness (QED) is 0.924. The van der Waals surface area contributed by atoms with Crippen molar-refractivity contribution in [2.24, 2.45) is 5.73 Å². The van der Waals surface area contributed by atoms with Crippen molar-refractivity contribution < 1.29 is 9.47 Å². The number of hydrogen-bond acceptors (Lipinski definition) is 3. The molecule has 1 heterocycles. The summed E-state index contributed by atoms with van der Waals surface area (Å²) < 4.78 is 12.3. The molecule has 1 aromatic rings. The van der Waals surface area contributed by atoms with Crippen LogP contribution in [0.5, 0.6) is 5.75 Å². The Morgan fingerprint density at radius 2 is 2.05 bits per heavy atom. The van der Waals surface area contributed by atoms with E-state index in [4.69, 9.17) is 26.8 Å². The van der Waals surface area contributed by atoms with Gasteiger partial charge in [-0.15, -0.1) is 0 Å². The fourth-order valence-corrected chi connectivity index (χ4v) is 3.11. The van der Waals surface area contributed by atoms with Crippen molar-refractivity contribution in [3.8, 4) is 5.75 Å². The van der Waals surface area contributed by atoms with Crippen molar-refractivity contribution in [1.82, 2.24) is 0 Å². The first kappa shape index (κ1) is 15.6. The summed E-state index contributed by atoms with van der Waals surface area (Å²) in [6, 6.07) is 5.80. The summed E-state index contributed by atoms with van der Waals surface area (Å²) in [5.41, 5.74) is 6.21. The zero-order valence-corrected chi connectivity index (χ0v) is 13.5. The van der Waals surface area contributed by atoms with Gasteiger partial charge in [0.2, 0.25) is 0 Å². The molecule has 1 unspecified atom stereocenters. The average molecular weight is 298 g/mol. The van der Waals surface area contributed by atoms with E-state index in [1.165, 1.54) is 0 Å². The lowest BCUT2D eigenvalue weighted by atomic mass is 9.97. The summed E-state index contributed by atoms with van der Waals surface area (Å²) in [5, 5.41) is 0.636. The summed E-state index contributed by atoms with van der Waals surface area (Å²) in [6.07, 6.45) is 1.58. The normalized spacial score (nSPS) is 23.8. The first-order valence-corrected chi connectivity index (χ1v) is 7.47. The van der Waals surface area contributed by atoms with E-state index >= 15 is 0 Å². The van der Waals surface area contributed by atoms with Crippen molar-refractivity contribution in [1.29, 1.82) is 0 Å². The Kier molecular flexibility index (Phi) is 4.33. The van der Waals surface area contributed by atoms with E-state index in [2.05, 4.69) is 27.7 Å². The Balaban J connectivity index is 2.26. The van der Waals surface area contributed by atoms with Gasteiger partial charge < -0.3 is 15.2 Å². The first-order chi connectivity index (χ1) is 9.25. The van der Waals surface area contributed by atoms with Gasteiger partial charge in [-0.25, -0.2) is 0 Å². The Labute approximate surface area is 126 Å². The van der Waals surface area contributed by atoms with Crippen molar-refractivity contribution >= 4 is 11.6 Å². The van der Waals surface area contributed by atoms with Gasteiger partial charge in [-0.05, 0) is 52.3 Å². The fourth-order valence-electron chi connectivity index (χ4n) is 2.88. The number of rotatable bonds is 4. The minimum absolute atomic E-state index is 0.0195. The molecule has 0 spiro atoms. The summed E-state index contributed by atoms with van der Waals surface area (Å²) >= 11 is 6.30. The van der Waals surface area contributed by atoms with Gasteiger partial charge in [-0.1, -0.05) is 23.7 Å². The summed E-state index contributed by atoms with van der Waals surface area (Å²) in [5.74, 6) is 0.749. The molecule has 20 heavy (non-hydrogen) atoms. The highest BCUT2D eigenvalue weighted by atomic mass is 35.5. The lowest BCUT2D eigenvalue weighted by Crippen LogP contribution is -2.37. The molecular formula is C16H24ClNO2. The Hall–Kier alpha value is -0.770. The van der Waals surface area contributed by atoms with Crippen molar-refractivity contribution in [2.75, 3.05) is 6.54 Å². The van der Waals surface area contributed by atoms with Crippen LogP contribution in [0, 0.1) is 0 Å². The molecule has 0 radical (unpaired) electrons. The maximum absolute atomic E-state index is 6.30. The number of halogens is 1. The Bertz CT molecular complexity index is 485. The molecule has 1 saturated heterocycles. The molecule has 0 bridgehead atoms. The van der Waals surface area contributed by atoms with Crippen molar-refractivity contribution in [3.63, 3.8) is 0 Å². The molecule has 0 saturated carbocycles. The number of hydrogen-bond donors (Lipinski definition) is 1. The number of nitrogens with two attached hydrogens (primary N) is 1. The lowest BCUT2D eigenvalue weighted by Gasteiger charge is -2.28. The Morgan fingerprint density at radius 3 is 2.60 bits per heavy atom. The summed E-state index contributed by atoms with van der Waals surface area (Å²) in [7, 11) is 0. The van der Waals surface area contributed by atoms with E-state index in [-0.39, 0.29) is 17.3 Å². The molecule has 0 aliphatic carbocycles. The van der Waals surface area contributed by atoms with Gasteiger partial charge in [-0.2, -0.15) is 0 Å². The van der Waals surface area contributed by atoms with Crippen molar-refractivity contribution in [2.45, 2.75) is 57.8 Å². The third-order valence-electron chi connectivity index (χ3n) is 3.71. The largest absolute Gasteiger partial charge is 0.485 e. The van der Waals surface area contributed by atoms with Crippen LogP contribution in [0.2, 0.25) is 5.02 Å². The molecule has 2 rings (SSSR count). The molecule has 112 valence electrons. The van der Waals surface area contributed by atoms with Crippen LogP contribution < -0.4 is 10.5 Å². The van der Waals surface area contributed by atoms with Gasteiger partial charge in [-0.3, -0.25) is 0 Å². The SMILES string of the molecule is CC1(C)CC(Oc2c(Cl)cccc2CCN)C(C)(C)O1. The second kappa shape index (κ2) is 5.55. The Morgan fingerprint density at radius 1 is 1.35 bits per heavy atom. The first-order valence-electron chi connectivity index (χ1n) is 7.09. The second-order valence-corrected chi connectivity index (χ2v) is 6.95. The highest BCUT2D eigenvalue weighted by Gasteiger charge is 2.47. The zero-order chi connectivity index (χ0) is 15.0. The van der Waals surface area contributed by atoms with Crippen LogP contribution in [-0.2, 0) is 11.2 Å². The maximum Gasteiger partial charge on any atom is 0.141 e. The highest BCUT2D eigenvalue weighted by Crippen LogP contribution is 2.41. The van der Waals surface area contributed by atoms with E-state index in [9.17, 15) is 0 Å². The molecule has 1 aliphatic heterocycles. The van der Waals surface area contributed by atoms with Crippen LogP contribution in [-0.4, -0.2) is 23.9 Å². The molecule has 1 aromatic carbocycles. The van der Waals surface area contributed by atoms with E-state index in [0.717, 1.165) is 24.2 Å². The predicted octanol–water partition coefficient (Wildman–Crippen LogP) is 3.57. The van der Waals surface area contributed by atoms with E-state index in [0.29, 0.717) is 11.6 Å². The molecule has 1 fully saturated rings. The van der Waals surface area contributed by atoms with Gasteiger partial charge >= 0.3 is 0 Å². The third-order valence-corrected chi connectivity index (χ3v) is 4.01. The maximum atomic E-state index is 6.30. The van der Waals surface area contributed by atoms with Crippen LogP contribution in [0.4, 0.5) is 0 Å². The molecule has 1 aliphatic rings. The second-order valence-electron chi connectivity index (χ2n) is 6.54. The van der Waals surface area contributed by atoms with Gasteiger partial charge in [0.25, 0.3) is 0 Å². The minimum atomic E-state index is -0.331. The van der Waals surface area contributed by atoms with E-state index in [1.54, 1.807) is 0 Å². The van der Waals surface area contributed by atoms with Crippen LogP contribution in [0.15, 0.2) is 18.2 Å². The molecule has 3 nitrogen and oxygen atoms in total. The minimum Gasteiger partial charge on any atom is -0.485 e. The standard InChI is InChI=1S/C16H24ClNO2/c1-15(2)10-13(16(3,4)20-15)19-14-11(8-9-18)6-5-7-12(14)17/h5-7,13H,8-10,18H2,1-4H3. The smallest absolute Gasteiger partial charge is 0.141 e.